The third kappa shape index (κ3) is 45.5. The number of carbonyl (C=O) groups excluding carboxylic acids is 11. The lowest BCUT2D eigenvalue weighted by Crippen LogP contribution is -2.49. The highest BCUT2D eigenvalue weighted by Gasteiger charge is 2.36. The lowest BCUT2D eigenvalue weighted by atomic mass is 9.88. The summed E-state index contributed by atoms with van der Waals surface area (Å²) in [6.45, 7) is 3.03. The summed E-state index contributed by atoms with van der Waals surface area (Å²) in [7, 11) is 0. The highest BCUT2D eigenvalue weighted by Crippen LogP contribution is 2.23. The second-order valence-electron chi connectivity index (χ2n) is 25.2. The molecule has 9 atom stereocenters. The van der Waals surface area contributed by atoms with Crippen molar-refractivity contribution in [1.82, 2.24) is 26.6 Å². The van der Waals surface area contributed by atoms with E-state index in [1.165, 1.54) is 0 Å². The van der Waals surface area contributed by atoms with E-state index in [0.717, 1.165) is 0 Å². The standard InChI is InChI=1S/C62H118N30O11S/c1-34(2)50(99)88-32-40(93)27-35(11-3-19-80-55(64)65)51(100)89-41(15-7-23-84-59(72)73)45(94)28-36(12-4-20-81-56(66)67)52(101)90-42(16-8-24-85-60(74)75)46(95)29-37(13-5-21-82-57(68)69)53(102)91-43(17-9-25-86-61(76)77)47(96)30-38(14-6-22-83-58(70)71)54(103)92-44(18-10-26-87-62(78)79)48(97)31-39(33-104)49(63)98/h34-39,41-44,104H,3-33H2,1-2H3,(H2,63,98)(H,88,99)(H,89,100)(H,90,101)(H,91,102)(H,92,103)(H4,64,65,80)(H4,66,67,81)(H4,68,69,82)(H4,70,71,83)(H4,72,73,84)(H4,74,75,85)(H4,76,77,86)(H4,78,79,87)/t35-,36-,37-,38-,39+,41+,42+,43+,44+/m0/s1. The van der Waals surface area contributed by atoms with Crippen molar-refractivity contribution in [3.63, 3.8) is 0 Å². The summed E-state index contributed by atoms with van der Waals surface area (Å²) >= 11 is 4.17. The van der Waals surface area contributed by atoms with Gasteiger partial charge in [0.05, 0.1) is 36.6 Å². The highest BCUT2D eigenvalue weighted by atomic mass is 32.1. The topological polar surface area (TPSA) is 789 Å². The number of ketones is 5. The molecule has 0 saturated carbocycles. The van der Waals surface area contributed by atoms with Gasteiger partial charge in [0.2, 0.25) is 35.4 Å². The van der Waals surface area contributed by atoms with E-state index in [1.54, 1.807) is 13.8 Å². The van der Waals surface area contributed by atoms with Crippen LogP contribution in [0.15, 0.2) is 39.9 Å². The maximum atomic E-state index is 15.0. The molecule has 104 heavy (non-hydrogen) atoms. The van der Waals surface area contributed by atoms with E-state index in [2.05, 4.69) is 79.2 Å². The molecule has 0 aromatic carbocycles. The van der Waals surface area contributed by atoms with E-state index >= 15 is 4.79 Å². The van der Waals surface area contributed by atoms with Gasteiger partial charge in [-0.05, 0) is 103 Å². The Morgan fingerprint density at radius 2 is 0.490 bits per heavy atom. The number of thiol groups is 1. The molecule has 41 nitrogen and oxygen atoms in total. The van der Waals surface area contributed by atoms with Crippen molar-refractivity contribution in [1.29, 1.82) is 0 Å². The Labute approximate surface area is 612 Å². The molecule has 0 radical (unpaired) electrons. The molecule has 0 aliphatic rings. The molecule has 0 fully saturated rings. The Bertz CT molecular complexity index is 3000. The molecule has 42 heteroatoms. The zero-order valence-electron chi connectivity index (χ0n) is 60.0. The van der Waals surface area contributed by atoms with Gasteiger partial charge in [-0.15, -0.1) is 0 Å². The van der Waals surface area contributed by atoms with E-state index in [4.69, 9.17) is 97.5 Å². The number of rotatable bonds is 59. The number of hydrogen-bond acceptors (Lipinski definition) is 20. The number of primary amides is 1. The quantitative estimate of drug-likeness (QED) is 0.0116. The summed E-state index contributed by atoms with van der Waals surface area (Å²) in [5.41, 5.74) is 95.1. The van der Waals surface area contributed by atoms with Gasteiger partial charge in [-0.1, -0.05) is 13.8 Å². The lowest BCUT2D eigenvalue weighted by Gasteiger charge is -2.27. The predicted molar refractivity (Wildman–Crippen MR) is 403 cm³/mol. The SMILES string of the molecule is CC(C)C(=O)NCC(=O)C[C@H](CCCN=C(N)N)C(=O)N[C@H](CCCN=C(N)N)C(=O)C[C@H](CCCN=C(N)N)C(=O)N[C@H](CCCN=C(N)N)C(=O)C[C@H](CCCN=C(N)N)C(=O)N[C@H](CCCN=C(N)N)C(=O)C[C@H](CCCN=C(N)N)C(=O)N[C@H](CCCN=C(N)N)C(=O)C[C@H](CS)C(N)=O. The number of Topliss-reactive ketones (excluding diaryl/α,β-unsaturated/α-hetero) is 5. The van der Waals surface area contributed by atoms with Crippen LogP contribution in [0.25, 0.3) is 0 Å². The van der Waals surface area contributed by atoms with Gasteiger partial charge in [-0.3, -0.25) is 92.7 Å². The first-order valence-electron chi connectivity index (χ1n) is 34.4. The van der Waals surface area contributed by atoms with Crippen LogP contribution in [0.5, 0.6) is 0 Å². The molecule has 0 unspecified atom stereocenters. The number of nitrogens with zero attached hydrogens (tertiary/aromatic N) is 8. The largest absolute Gasteiger partial charge is 0.370 e. The Kier molecular flexibility index (Phi) is 48.2. The number of nitrogens with two attached hydrogens (primary N) is 17. The van der Waals surface area contributed by atoms with Crippen molar-refractivity contribution in [2.24, 2.45) is 173 Å². The van der Waals surface area contributed by atoms with E-state index < -0.39 is 143 Å². The fraction of sp³-hybridized carbons (Fsp3) is 0.694. The smallest absolute Gasteiger partial charge is 0.224 e. The fourth-order valence-corrected chi connectivity index (χ4v) is 10.8. The number of aliphatic imine (C=N–C) groups is 8. The van der Waals surface area contributed by atoms with Gasteiger partial charge in [-0.2, -0.15) is 12.6 Å². The number of guanidine groups is 8. The molecule has 0 aliphatic heterocycles. The maximum Gasteiger partial charge on any atom is 0.224 e. The summed E-state index contributed by atoms with van der Waals surface area (Å²) in [6, 6.07) is -5.33. The van der Waals surface area contributed by atoms with Crippen LogP contribution in [-0.2, 0) is 52.7 Å². The van der Waals surface area contributed by atoms with Crippen LogP contribution < -0.4 is 124 Å². The predicted octanol–water partition coefficient (Wildman–Crippen LogP) is -7.58. The summed E-state index contributed by atoms with van der Waals surface area (Å²) in [5.74, 6) is -15.6. The van der Waals surface area contributed by atoms with E-state index in [0.29, 0.717) is 0 Å². The number of amides is 6. The Morgan fingerprint density at radius 1 is 0.288 bits per heavy atom. The second-order valence-corrected chi connectivity index (χ2v) is 25.6. The molecule has 0 bridgehead atoms. The summed E-state index contributed by atoms with van der Waals surface area (Å²) in [4.78, 5) is 187. The second kappa shape index (κ2) is 53.5. The first-order chi connectivity index (χ1) is 49.0. The fourth-order valence-electron chi connectivity index (χ4n) is 10.4. The van der Waals surface area contributed by atoms with Gasteiger partial charge in [0, 0.05) is 120 Å². The van der Waals surface area contributed by atoms with Crippen molar-refractivity contribution >= 4 is 125 Å². The molecule has 0 aromatic heterocycles. The minimum Gasteiger partial charge on any atom is -0.370 e. The van der Waals surface area contributed by atoms with Gasteiger partial charge in [0.15, 0.2) is 76.6 Å². The summed E-state index contributed by atoms with van der Waals surface area (Å²) in [6.07, 6.45) is -1.76. The minimum absolute atomic E-state index is 0.00395. The number of hydrogen-bond donors (Lipinski definition) is 23. The molecule has 6 amide bonds. The average molecular weight is 1490 g/mol. The van der Waals surface area contributed by atoms with Crippen molar-refractivity contribution < 1.29 is 52.7 Å². The number of carbonyl (C=O) groups is 11. The molecule has 0 rings (SSSR count). The third-order valence-corrected chi connectivity index (χ3v) is 16.4. The van der Waals surface area contributed by atoms with Gasteiger partial charge >= 0.3 is 0 Å². The normalized spacial score (nSPS) is 13.4. The van der Waals surface area contributed by atoms with Crippen LogP contribution in [0, 0.1) is 35.5 Å². The molecule has 0 spiro atoms. The van der Waals surface area contributed by atoms with E-state index in [9.17, 15) is 47.9 Å². The van der Waals surface area contributed by atoms with Gasteiger partial charge in [0.1, 0.15) is 0 Å². The monoisotopic (exact) mass is 1490 g/mol. The summed E-state index contributed by atoms with van der Waals surface area (Å²) in [5, 5.41) is 13.6. The van der Waals surface area contributed by atoms with Crippen LogP contribution in [0.1, 0.15) is 149 Å². The van der Waals surface area contributed by atoms with Gasteiger partial charge in [-0.25, -0.2) is 0 Å². The van der Waals surface area contributed by atoms with E-state index in [-0.39, 0.29) is 228 Å². The van der Waals surface area contributed by atoms with Crippen molar-refractivity contribution in [2.75, 3.05) is 64.7 Å². The van der Waals surface area contributed by atoms with Crippen LogP contribution in [0.3, 0.4) is 0 Å². The highest BCUT2D eigenvalue weighted by molar-refractivity contribution is 7.80. The minimum atomic E-state index is -1.41. The van der Waals surface area contributed by atoms with Gasteiger partial charge in [0.25, 0.3) is 0 Å². The first kappa shape index (κ1) is 93.7. The Morgan fingerprint density at radius 3 is 0.683 bits per heavy atom. The van der Waals surface area contributed by atoms with Crippen LogP contribution in [-0.4, -0.2) is 201 Å². The average Bonchev–Trinajstić information content (AvgIpc) is 0.858. The molecule has 588 valence electrons. The maximum absolute atomic E-state index is 15.0. The molecule has 0 aromatic rings. The molecule has 0 heterocycles. The van der Waals surface area contributed by atoms with E-state index in [1.807, 2.05) is 0 Å². The van der Waals surface area contributed by atoms with Crippen molar-refractivity contribution in [3.05, 3.63) is 0 Å². The van der Waals surface area contributed by atoms with Crippen LogP contribution >= 0.6 is 12.6 Å². The zero-order valence-corrected chi connectivity index (χ0v) is 60.9. The molecule has 0 saturated heterocycles. The molecular formula is C62H118N30O11S. The molecular weight excluding hydrogens is 1370 g/mol. The number of nitrogens with one attached hydrogen (secondary N) is 5. The first-order valence-corrected chi connectivity index (χ1v) is 35.1. The molecule has 39 N–H and O–H groups in total. The van der Waals surface area contributed by atoms with Crippen molar-refractivity contribution in [3.8, 4) is 0 Å². The summed E-state index contributed by atoms with van der Waals surface area (Å²) < 4.78 is 0. The molecule has 0 aliphatic carbocycles. The zero-order chi connectivity index (χ0) is 78.9. The van der Waals surface area contributed by atoms with Crippen LogP contribution in [0.2, 0.25) is 0 Å². The Balaban J connectivity index is 7.91. The van der Waals surface area contributed by atoms with Gasteiger partial charge < -0.3 is 124 Å². The Hall–Kier alpha value is -10.3. The lowest BCUT2D eigenvalue weighted by molar-refractivity contribution is -0.136. The third-order valence-electron chi connectivity index (χ3n) is 16.0. The van der Waals surface area contributed by atoms with Crippen LogP contribution in [0.4, 0.5) is 0 Å². The van der Waals surface area contributed by atoms with Crippen molar-refractivity contribution in [2.45, 2.75) is 173 Å².